The van der Waals surface area contributed by atoms with Crippen molar-refractivity contribution in [2.75, 3.05) is 135 Å². The molecular formula is C86H100F6N16O15. The number of aryl methyl sites for hydroxylation is 1. The van der Waals surface area contributed by atoms with Crippen molar-refractivity contribution in [2.45, 2.75) is 112 Å². The van der Waals surface area contributed by atoms with Crippen molar-refractivity contribution in [2.24, 2.45) is 0 Å². The molecule has 0 radical (unpaired) electrons. The van der Waals surface area contributed by atoms with Crippen LogP contribution in [0.15, 0.2) is 155 Å². The van der Waals surface area contributed by atoms with E-state index in [-0.39, 0.29) is 161 Å². The molecule has 5 aromatic carbocycles. The third-order valence-electron chi connectivity index (χ3n) is 20.4. The summed E-state index contributed by atoms with van der Waals surface area (Å²) in [5.41, 5.74) is -0.254. The molecule has 0 spiro atoms. The molecule has 5 aromatic rings. The van der Waals surface area contributed by atoms with Crippen molar-refractivity contribution >= 4 is 82.8 Å². The standard InChI is InChI=1S/C86H100F6N16O15/c1-10-41-102(42-32-67(109)95-35-38-98-70(112)51-104-76(61-28-22-58(49-93)23-29-61)73(79(115)121-11-2)55(6)101(9)82(104)118)45-46-103(43-33-68(110)96-36-39-99-71(113)52-105-77(60-26-20-54(5)21-27-60)74(80(116)122-12-3)56(7)107(83(105)119)65-18-14-16-63(47-65)85(87,88)89)44-34-69(111)97-37-40-100-72(114)53-106-78(62-30-24-59(50-94)25-31-62)75(81(117)123-13-4)57(8)108(84(106)120)66-19-15-17-64(48-66)86(90,91)92/h14-31,47-48,76-78H,10-13,32-46,51-53H2,1-9H3,(H,95,109)(H,96,110)(H,97,111)(H,98,112)(H,99,113)(H,100,114). The van der Waals surface area contributed by atoms with Crippen LogP contribution in [0.4, 0.5) is 52.1 Å². The number of hydrogen-bond acceptors (Lipinski definition) is 19. The second-order valence-corrected chi connectivity index (χ2v) is 28.8. The summed E-state index contributed by atoms with van der Waals surface area (Å²) in [6.07, 6.45) is -9.33. The van der Waals surface area contributed by atoms with Crippen LogP contribution in [0, 0.1) is 29.6 Å². The van der Waals surface area contributed by atoms with Crippen LogP contribution in [0.3, 0.4) is 0 Å². The highest BCUT2D eigenvalue weighted by atomic mass is 19.4. The number of anilines is 2. The molecule has 0 fully saturated rings. The minimum Gasteiger partial charge on any atom is -0.463 e. The fourth-order valence-corrected chi connectivity index (χ4v) is 14.3. The molecule has 3 unspecified atom stereocenters. The van der Waals surface area contributed by atoms with Gasteiger partial charge in [-0.15, -0.1) is 0 Å². The van der Waals surface area contributed by atoms with E-state index in [0.29, 0.717) is 41.9 Å². The van der Waals surface area contributed by atoms with E-state index in [1.165, 1.54) is 86.1 Å². The van der Waals surface area contributed by atoms with Gasteiger partial charge in [0.05, 0.1) is 100 Å². The quantitative estimate of drug-likeness (QED) is 0.00921. The van der Waals surface area contributed by atoms with Crippen molar-refractivity contribution in [1.29, 1.82) is 10.5 Å². The number of halogens is 6. The first kappa shape index (κ1) is 95.3. The number of rotatable bonds is 40. The maximum atomic E-state index is 14.7. The molecule has 3 aliphatic rings. The predicted molar refractivity (Wildman–Crippen MR) is 437 cm³/mol. The van der Waals surface area contributed by atoms with Gasteiger partial charge in [0.25, 0.3) is 0 Å². The smallest absolute Gasteiger partial charge is 0.416 e. The van der Waals surface area contributed by atoms with Gasteiger partial charge in [-0.1, -0.05) is 73.2 Å². The van der Waals surface area contributed by atoms with Crippen LogP contribution in [0.5, 0.6) is 0 Å². The van der Waals surface area contributed by atoms with Crippen molar-refractivity contribution in [3.8, 4) is 12.1 Å². The number of nitrogens with one attached hydrogen (secondary N) is 6. The molecule has 12 amide bonds. The summed E-state index contributed by atoms with van der Waals surface area (Å²) < 4.78 is 101. The third kappa shape index (κ3) is 25.2. The molecule has 3 heterocycles. The molecule has 0 aliphatic carbocycles. The highest BCUT2D eigenvalue weighted by Crippen LogP contribution is 2.45. The zero-order valence-corrected chi connectivity index (χ0v) is 69.7. The van der Waals surface area contributed by atoms with E-state index in [1.54, 1.807) is 64.1 Å². The Hall–Kier alpha value is -13.2. The fraction of sp³-hybridized carbons (Fsp3) is 0.419. The van der Waals surface area contributed by atoms with Gasteiger partial charge in [-0.05, 0) is 139 Å². The molecule has 0 bridgehead atoms. The van der Waals surface area contributed by atoms with Gasteiger partial charge in [-0.2, -0.15) is 36.9 Å². The first-order valence-corrected chi connectivity index (χ1v) is 39.9. The second-order valence-electron chi connectivity index (χ2n) is 28.8. The van der Waals surface area contributed by atoms with E-state index in [9.17, 15) is 94.4 Å². The highest BCUT2D eigenvalue weighted by Gasteiger charge is 2.48. The lowest BCUT2D eigenvalue weighted by molar-refractivity contribution is -0.140. The average Bonchev–Trinajstić information content (AvgIpc) is 0.754. The topological polar surface area (TPSA) is 378 Å². The van der Waals surface area contributed by atoms with Crippen LogP contribution in [-0.4, -0.2) is 226 Å². The van der Waals surface area contributed by atoms with E-state index in [0.717, 1.165) is 61.6 Å². The Morgan fingerprint density at radius 2 is 0.707 bits per heavy atom. The van der Waals surface area contributed by atoms with E-state index in [1.807, 2.05) is 28.9 Å². The molecule has 0 saturated carbocycles. The van der Waals surface area contributed by atoms with E-state index < -0.39 is 127 Å². The number of benzene rings is 5. The number of carbonyl (C=O) groups excluding carboxylic acids is 12. The van der Waals surface area contributed by atoms with Crippen molar-refractivity contribution < 1.29 is 98.1 Å². The summed E-state index contributed by atoms with van der Waals surface area (Å²) in [5.74, 6) is -6.09. The molecule has 8 rings (SSSR count). The number of esters is 3. The minimum absolute atomic E-state index is 0.00399. The Balaban J connectivity index is 0.914. The van der Waals surface area contributed by atoms with Crippen LogP contribution in [0.1, 0.15) is 137 Å². The summed E-state index contributed by atoms with van der Waals surface area (Å²) in [6, 6.07) is 24.3. The Morgan fingerprint density at radius 3 is 1.02 bits per heavy atom. The van der Waals surface area contributed by atoms with Crippen LogP contribution < -0.4 is 41.7 Å². The number of hydrogen-bond donors (Lipinski definition) is 6. The first-order chi connectivity index (χ1) is 58.6. The number of urea groups is 3. The van der Waals surface area contributed by atoms with Crippen molar-refractivity contribution in [3.05, 3.63) is 200 Å². The van der Waals surface area contributed by atoms with Gasteiger partial charge >= 0.3 is 48.4 Å². The lowest BCUT2D eigenvalue weighted by Gasteiger charge is -2.42. The van der Waals surface area contributed by atoms with Crippen molar-refractivity contribution in [1.82, 2.24) is 61.3 Å². The van der Waals surface area contributed by atoms with Crippen LogP contribution in [0.25, 0.3) is 0 Å². The SMILES string of the molecule is CCCN(CCC(=O)NCCNC(=O)CN1C(=O)N(C)C(C)=C(C(=O)OCC)C1c1ccc(C#N)cc1)CCN(CCC(=O)NCCNC(=O)CN1C(=O)N(c2cccc(C(F)(F)F)c2)C(C)=C(C(=O)OCC)C1c1ccc(C)cc1)CCC(=O)NCCNC(=O)CN1C(=O)N(c2cccc(C(F)(F)F)c2)C(C)=C(C(=O)OCC)C1c1ccc(C#N)cc1. The summed E-state index contributed by atoms with van der Waals surface area (Å²) >= 11 is 0. The van der Waals surface area contributed by atoms with Gasteiger partial charge < -0.3 is 75.5 Å². The maximum Gasteiger partial charge on any atom is 0.416 e. The Labute approximate surface area is 707 Å². The maximum absolute atomic E-state index is 14.7. The van der Waals surface area contributed by atoms with Gasteiger partial charge in [0.2, 0.25) is 35.4 Å². The number of allylic oxidation sites excluding steroid dienone is 3. The predicted octanol–water partition coefficient (Wildman–Crippen LogP) is 8.94. The molecule has 0 saturated heterocycles. The fourth-order valence-electron chi connectivity index (χ4n) is 14.3. The second kappa shape index (κ2) is 44.4. The lowest BCUT2D eigenvalue weighted by Crippen LogP contribution is -2.54. The molecular weight excluding hydrogens is 1610 g/mol. The number of nitrogens with zero attached hydrogens (tertiary/aromatic N) is 10. The summed E-state index contributed by atoms with van der Waals surface area (Å²) in [7, 11) is 1.46. The molecule has 3 aliphatic heterocycles. The molecule has 3 atom stereocenters. The Morgan fingerprint density at radius 1 is 0.407 bits per heavy atom. The third-order valence-corrected chi connectivity index (χ3v) is 20.4. The minimum atomic E-state index is -4.83. The number of amides is 12. The zero-order valence-electron chi connectivity index (χ0n) is 69.7. The molecule has 0 aromatic heterocycles. The van der Waals surface area contributed by atoms with Crippen LogP contribution >= 0.6 is 0 Å². The average molecular weight is 1710 g/mol. The number of ether oxygens (including phenoxy) is 3. The van der Waals surface area contributed by atoms with E-state index >= 15 is 0 Å². The molecule has 656 valence electrons. The molecule has 123 heavy (non-hydrogen) atoms. The number of alkyl halides is 6. The molecule has 31 nitrogen and oxygen atoms in total. The van der Waals surface area contributed by atoms with Gasteiger partial charge in [-0.3, -0.25) is 38.6 Å². The van der Waals surface area contributed by atoms with Crippen molar-refractivity contribution in [3.63, 3.8) is 0 Å². The zero-order chi connectivity index (χ0) is 90.0. The van der Waals surface area contributed by atoms with Crippen LogP contribution in [-0.2, 0) is 69.7 Å². The highest BCUT2D eigenvalue weighted by molar-refractivity contribution is 6.06. The molecule has 6 N–H and O–H groups in total. The van der Waals surface area contributed by atoms with Gasteiger partial charge in [0.1, 0.15) is 19.6 Å². The van der Waals surface area contributed by atoms with Gasteiger partial charge in [0, 0.05) is 115 Å². The molecule has 37 heteroatoms. The summed E-state index contributed by atoms with van der Waals surface area (Å²) in [4.78, 5) is 177. The monoisotopic (exact) mass is 1710 g/mol. The normalized spacial score (nSPS) is 15.7. The first-order valence-electron chi connectivity index (χ1n) is 39.9. The van der Waals surface area contributed by atoms with Gasteiger partial charge in [-0.25, -0.2) is 28.8 Å². The van der Waals surface area contributed by atoms with Gasteiger partial charge in [0.15, 0.2) is 0 Å². The number of carbonyl (C=O) groups is 12. The number of nitriles is 2. The largest absolute Gasteiger partial charge is 0.463 e. The van der Waals surface area contributed by atoms with E-state index in [2.05, 4.69) is 31.9 Å². The summed E-state index contributed by atoms with van der Waals surface area (Å²) in [6.45, 7) is 11.2. The lowest BCUT2D eigenvalue weighted by atomic mass is 9.92. The van der Waals surface area contributed by atoms with Crippen LogP contribution in [0.2, 0.25) is 0 Å². The van der Waals surface area contributed by atoms with E-state index in [4.69, 9.17) is 14.2 Å². The Bertz CT molecular complexity index is 4890. The Kier molecular flexibility index (Phi) is 34.4. The summed E-state index contributed by atoms with van der Waals surface area (Å²) in [5, 5.41) is 35.3.